The zero-order valence-electron chi connectivity index (χ0n) is 13.8. The highest BCUT2D eigenvalue weighted by molar-refractivity contribution is 5.72. The van der Waals surface area contributed by atoms with Gasteiger partial charge >= 0.3 is 6.18 Å². The maximum absolute atomic E-state index is 13.0. The first-order chi connectivity index (χ1) is 11.4. The van der Waals surface area contributed by atoms with Crippen LogP contribution in [0.2, 0.25) is 0 Å². The van der Waals surface area contributed by atoms with Crippen LogP contribution in [0.3, 0.4) is 0 Å². The van der Waals surface area contributed by atoms with Gasteiger partial charge in [-0.2, -0.15) is 13.2 Å². The molecule has 132 valence electrons. The molecular weight excluding hydrogens is 317 g/mol. The van der Waals surface area contributed by atoms with Gasteiger partial charge in [0.1, 0.15) is 5.82 Å². The molecule has 1 aromatic rings. The molecule has 0 saturated carbocycles. The van der Waals surface area contributed by atoms with Gasteiger partial charge in [0.2, 0.25) is 0 Å². The van der Waals surface area contributed by atoms with Gasteiger partial charge in [0.25, 0.3) is 0 Å². The smallest absolute Gasteiger partial charge is 0.366 e. The van der Waals surface area contributed by atoms with Gasteiger partial charge < -0.3 is 15.1 Å². The highest BCUT2D eigenvalue weighted by atomic mass is 19.4. The molecule has 24 heavy (non-hydrogen) atoms. The van der Waals surface area contributed by atoms with E-state index < -0.39 is 12.1 Å². The van der Waals surface area contributed by atoms with Crippen molar-refractivity contribution in [3.8, 4) is 0 Å². The van der Waals surface area contributed by atoms with E-state index in [-0.39, 0.29) is 13.0 Å². The van der Waals surface area contributed by atoms with Crippen LogP contribution in [0.5, 0.6) is 0 Å². The Morgan fingerprint density at radius 3 is 2.75 bits per heavy atom. The number of nitrogens with zero attached hydrogens (tertiary/aromatic N) is 3. The third-order valence-corrected chi connectivity index (χ3v) is 5.69. The minimum absolute atomic E-state index is 0.0127. The number of halogens is 3. The number of fused-ring (bicyclic) bond motifs is 4. The molecule has 4 nitrogen and oxygen atoms in total. The zero-order valence-corrected chi connectivity index (χ0v) is 13.8. The van der Waals surface area contributed by atoms with Gasteiger partial charge in [0, 0.05) is 32.2 Å². The quantitative estimate of drug-likeness (QED) is 0.848. The maximum Gasteiger partial charge on any atom is 0.393 e. The lowest BCUT2D eigenvalue weighted by Crippen LogP contribution is -2.50. The number of piperidine rings is 2. The molecule has 3 atom stereocenters. The highest BCUT2D eigenvalue weighted by Crippen LogP contribution is 2.38. The largest absolute Gasteiger partial charge is 0.393 e. The van der Waals surface area contributed by atoms with E-state index in [9.17, 15) is 13.2 Å². The first-order valence-electron chi connectivity index (χ1n) is 8.76. The monoisotopic (exact) mass is 340 g/mol. The van der Waals surface area contributed by atoms with Crippen LogP contribution >= 0.6 is 0 Å². The summed E-state index contributed by atoms with van der Waals surface area (Å²) in [4.78, 5) is 8.80. The number of anilines is 3. The predicted molar refractivity (Wildman–Crippen MR) is 88.6 cm³/mol. The summed E-state index contributed by atoms with van der Waals surface area (Å²) in [6, 6.07) is 4.25. The van der Waals surface area contributed by atoms with E-state index in [1.54, 1.807) is 4.90 Å². The lowest BCUT2D eigenvalue weighted by Gasteiger charge is -2.44. The van der Waals surface area contributed by atoms with Crippen molar-refractivity contribution in [2.24, 2.45) is 11.8 Å². The van der Waals surface area contributed by atoms with Crippen molar-refractivity contribution in [2.45, 2.75) is 38.4 Å². The minimum atomic E-state index is -4.12. The third kappa shape index (κ3) is 2.78. The van der Waals surface area contributed by atoms with E-state index >= 15 is 0 Å². The normalized spacial score (nSPS) is 29.9. The maximum atomic E-state index is 13.0. The second-order valence-corrected chi connectivity index (χ2v) is 7.33. The number of hydrogen-bond acceptors (Lipinski definition) is 4. The number of nitrogens with one attached hydrogen (secondary N) is 1. The van der Waals surface area contributed by atoms with Crippen molar-refractivity contribution in [3.05, 3.63) is 12.1 Å². The van der Waals surface area contributed by atoms with E-state index in [4.69, 9.17) is 0 Å². The van der Waals surface area contributed by atoms with Crippen LogP contribution in [0.15, 0.2) is 12.1 Å². The molecule has 3 aliphatic rings. The molecule has 1 unspecified atom stereocenters. The first-order valence-corrected chi connectivity index (χ1v) is 8.76. The molecule has 1 aromatic heterocycles. The molecule has 0 aliphatic carbocycles. The molecule has 3 aliphatic heterocycles. The van der Waals surface area contributed by atoms with Crippen molar-refractivity contribution in [1.29, 1.82) is 0 Å². The van der Waals surface area contributed by atoms with E-state index in [2.05, 4.69) is 22.1 Å². The Hall–Kier alpha value is -1.66. The Kier molecular flexibility index (Phi) is 3.77. The van der Waals surface area contributed by atoms with Crippen molar-refractivity contribution in [2.75, 3.05) is 41.3 Å². The molecule has 0 aromatic carbocycles. The first kappa shape index (κ1) is 15.8. The molecule has 7 heteroatoms. The topological polar surface area (TPSA) is 31.4 Å². The second-order valence-electron chi connectivity index (χ2n) is 7.33. The van der Waals surface area contributed by atoms with Crippen LogP contribution in [0.25, 0.3) is 0 Å². The Bertz CT molecular complexity index is 618. The van der Waals surface area contributed by atoms with Crippen LogP contribution in [0, 0.1) is 11.8 Å². The molecule has 2 fully saturated rings. The fraction of sp³-hybridized carbons (Fsp3) is 0.706. The number of alkyl halides is 3. The van der Waals surface area contributed by atoms with E-state index in [1.165, 1.54) is 0 Å². The van der Waals surface area contributed by atoms with Gasteiger partial charge in [-0.25, -0.2) is 4.98 Å². The van der Waals surface area contributed by atoms with E-state index in [0.717, 1.165) is 31.0 Å². The molecule has 1 N–H and O–H groups in total. The third-order valence-electron chi connectivity index (χ3n) is 5.69. The van der Waals surface area contributed by atoms with Gasteiger partial charge in [0.05, 0.1) is 11.6 Å². The zero-order chi connectivity index (χ0) is 16.9. The highest BCUT2D eigenvalue weighted by Gasteiger charge is 2.42. The van der Waals surface area contributed by atoms with Crippen molar-refractivity contribution < 1.29 is 13.2 Å². The SMILES string of the molecule is CC1CCN2C[C@H]1Nc1nc(N3CCC[C@H](C(F)(F)F)C3)ccc12. The summed E-state index contributed by atoms with van der Waals surface area (Å²) in [6.07, 6.45) is -2.19. The molecule has 4 heterocycles. The lowest BCUT2D eigenvalue weighted by atomic mass is 9.91. The predicted octanol–water partition coefficient (Wildman–Crippen LogP) is 3.50. The molecule has 2 saturated heterocycles. The summed E-state index contributed by atoms with van der Waals surface area (Å²) in [5.41, 5.74) is 1.08. The summed E-state index contributed by atoms with van der Waals surface area (Å²) in [5.74, 6) is 0.818. The molecule has 0 amide bonds. The number of hydrogen-bond donors (Lipinski definition) is 1. The summed E-state index contributed by atoms with van der Waals surface area (Å²) in [7, 11) is 0. The molecular formula is C17H23F3N4. The van der Waals surface area contributed by atoms with Crippen molar-refractivity contribution >= 4 is 17.3 Å². The molecule has 2 bridgehead atoms. The molecule has 0 spiro atoms. The van der Waals surface area contributed by atoms with Crippen LogP contribution in [0.1, 0.15) is 26.2 Å². The van der Waals surface area contributed by atoms with Crippen molar-refractivity contribution in [3.63, 3.8) is 0 Å². The summed E-state index contributed by atoms with van der Waals surface area (Å²) < 4.78 is 39.1. The molecule has 4 rings (SSSR count). The fourth-order valence-electron chi connectivity index (χ4n) is 4.08. The van der Waals surface area contributed by atoms with Gasteiger partial charge in [-0.3, -0.25) is 0 Å². The summed E-state index contributed by atoms with van der Waals surface area (Å²) in [5, 5.41) is 3.50. The fourth-order valence-corrected chi connectivity index (χ4v) is 4.08. The number of rotatable bonds is 1. The Balaban J connectivity index is 1.57. The van der Waals surface area contributed by atoms with E-state index in [1.807, 2.05) is 12.1 Å². The second kappa shape index (κ2) is 5.70. The molecule has 0 radical (unpaired) electrons. The average Bonchev–Trinajstić information content (AvgIpc) is 2.57. The standard InChI is InChI=1S/C17H23F3N4/c1-11-6-8-23-10-13(11)21-16-14(23)4-5-15(22-16)24-7-2-3-12(9-24)17(18,19)20/h4-5,11-13H,2-3,6-10H2,1H3,(H,21,22)/t11?,12-,13+/m0/s1. The van der Waals surface area contributed by atoms with Gasteiger partial charge in [-0.1, -0.05) is 6.92 Å². The van der Waals surface area contributed by atoms with Crippen molar-refractivity contribution in [1.82, 2.24) is 4.98 Å². The van der Waals surface area contributed by atoms with Gasteiger partial charge in [0.15, 0.2) is 5.82 Å². The van der Waals surface area contributed by atoms with Gasteiger partial charge in [-0.15, -0.1) is 0 Å². The van der Waals surface area contributed by atoms with Gasteiger partial charge in [-0.05, 0) is 37.3 Å². The lowest BCUT2D eigenvalue weighted by molar-refractivity contribution is -0.176. The Morgan fingerprint density at radius 2 is 1.96 bits per heavy atom. The summed E-state index contributed by atoms with van der Waals surface area (Å²) in [6.45, 7) is 4.89. The Labute approximate surface area is 140 Å². The van der Waals surface area contributed by atoms with Crippen LogP contribution < -0.4 is 15.1 Å². The summed E-state index contributed by atoms with van der Waals surface area (Å²) >= 11 is 0. The van der Waals surface area contributed by atoms with E-state index in [0.29, 0.717) is 30.7 Å². The van der Waals surface area contributed by atoms with Crippen LogP contribution in [-0.4, -0.2) is 43.4 Å². The van der Waals surface area contributed by atoms with Crippen LogP contribution in [-0.2, 0) is 0 Å². The minimum Gasteiger partial charge on any atom is -0.366 e. The average molecular weight is 340 g/mol. The Morgan fingerprint density at radius 1 is 1.12 bits per heavy atom. The number of aromatic nitrogens is 1. The van der Waals surface area contributed by atoms with Crippen LogP contribution in [0.4, 0.5) is 30.5 Å². The number of pyridine rings is 1.